The van der Waals surface area contributed by atoms with Crippen molar-refractivity contribution in [1.29, 1.82) is 0 Å². The number of rotatable bonds is 6. The summed E-state index contributed by atoms with van der Waals surface area (Å²) in [7, 11) is 0. The monoisotopic (exact) mass is 283 g/mol. The van der Waals surface area contributed by atoms with Crippen molar-refractivity contribution in [2.45, 2.75) is 49.5 Å². The Hall–Kier alpha value is -0.180. The zero-order valence-electron chi connectivity index (χ0n) is 10.8. The largest absolute Gasteiger partial charge is 0.314 e. The SMILES string of the molecule is Clc1cccc(SCCCNC2CCCCC2)c1. The van der Waals surface area contributed by atoms with Crippen LogP contribution in [0.5, 0.6) is 0 Å². The Morgan fingerprint density at radius 1 is 1.22 bits per heavy atom. The Bertz CT molecular complexity index is 350. The molecule has 1 N–H and O–H groups in total. The molecule has 0 saturated heterocycles. The fourth-order valence-electron chi connectivity index (χ4n) is 2.43. The van der Waals surface area contributed by atoms with Crippen LogP contribution in [0.25, 0.3) is 0 Å². The summed E-state index contributed by atoms with van der Waals surface area (Å²) in [5.41, 5.74) is 0. The van der Waals surface area contributed by atoms with Crippen LogP contribution in [0.15, 0.2) is 29.2 Å². The lowest BCUT2D eigenvalue weighted by molar-refractivity contribution is 0.375. The van der Waals surface area contributed by atoms with E-state index in [0.29, 0.717) is 0 Å². The first-order chi connectivity index (χ1) is 8.84. The molecule has 1 aliphatic carbocycles. The lowest BCUT2D eigenvalue weighted by Gasteiger charge is -2.22. The van der Waals surface area contributed by atoms with Crippen LogP contribution in [-0.4, -0.2) is 18.3 Å². The summed E-state index contributed by atoms with van der Waals surface area (Å²) in [4.78, 5) is 1.28. The second-order valence-electron chi connectivity index (χ2n) is 4.95. The Labute approximate surface area is 120 Å². The lowest BCUT2D eigenvalue weighted by atomic mass is 9.95. The molecule has 3 heteroatoms. The molecule has 0 aliphatic heterocycles. The number of nitrogens with one attached hydrogen (secondary N) is 1. The van der Waals surface area contributed by atoms with Crippen molar-refractivity contribution < 1.29 is 0 Å². The molecule has 2 rings (SSSR count). The van der Waals surface area contributed by atoms with Gasteiger partial charge in [0, 0.05) is 16.0 Å². The van der Waals surface area contributed by atoms with E-state index in [0.717, 1.165) is 17.6 Å². The van der Waals surface area contributed by atoms with Crippen molar-refractivity contribution in [3.63, 3.8) is 0 Å². The minimum atomic E-state index is 0.787. The average Bonchev–Trinajstić information content (AvgIpc) is 2.40. The van der Waals surface area contributed by atoms with E-state index in [1.807, 2.05) is 30.0 Å². The molecular formula is C15H22ClNS. The highest BCUT2D eigenvalue weighted by Crippen LogP contribution is 2.22. The highest BCUT2D eigenvalue weighted by Gasteiger charge is 2.11. The van der Waals surface area contributed by atoms with E-state index in [1.165, 1.54) is 49.2 Å². The third kappa shape index (κ3) is 5.21. The van der Waals surface area contributed by atoms with Crippen LogP contribution < -0.4 is 5.32 Å². The molecule has 0 spiro atoms. The zero-order valence-corrected chi connectivity index (χ0v) is 12.4. The van der Waals surface area contributed by atoms with Gasteiger partial charge in [0.05, 0.1) is 0 Å². The topological polar surface area (TPSA) is 12.0 Å². The Balaban J connectivity index is 1.55. The van der Waals surface area contributed by atoms with E-state index >= 15 is 0 Å². The van der Waals surface area contributed by atoms with Gasteiger partial charge in [-0.3, -0.25) is 0 Å². The summed E-state index contributed by atoms with van der Waals surface area (Å²) in [6.45, 7) is 1.15. The van der Waals surface area contributed by atoms with Crippen molar-refractivity contribution in [2.24, 2.45) is 0 Å². The minimum Gasteiger partial charge on any atom is -0.314 e. The second-order valence-corrected chi connectivity index (χ2v) is 6.55. The molecule has 0 aromatic heterocycles. The van der Waals surface area contributed by atoms with Crippen molar-refractivity contribution in [2.75, 3.05) is 12.3 Å². The number of hydrogen-bond donors (Lipinski definition) is 1. The van der Waals surface area contributed by atoms with Gasteiger partial charge in [-0.15, -0.1) is 11.8 Å². The molecule has 0 unspecified atom stereocenters. The van der Waals surface area contributed by atoms with E-state index in [2.05, 4.69) is 11.4 Å². The molecule has 0 bridgehead atoms. The summed E-state index contributed by atoms with van der Waals surface area (Å²) >= 11 is 7.86. The summed E-state index contributed by atoms with van der Waals surface area (Å²) in [5.74, 6) is 1.17. The predicted octanol–water partition coefficient (Wildman–Crippen LogP) is 4.74. The zero-order chi connectivity index (χ0) is 12.6. The Kier molecular flexibility index (Phi) is 6.39. The van der Waals surface area contributed by atoms with Crippen molar-refractivity contribution in [3.8, 4) is 0 Å². The van der Waals surface area contributed by atoms with Crippen LogP contribution in [-0.2, 0) is 0 Å². The van der Waals surface area contributed by atoms with Gasteiger partial charge in [0.1, 0.15) is 0 Å². The fourth-order valence-corrected chi connectivity index (χ4v) is 3.60. The quantitative estimate of drug-likeness (QED) is 0.597. The number of thioether (sulfide) groups is 1. The molecule has 1 aromatic rings. The van der Waals surface area contributed by atoms with Gasteiger partial charge in [-0.1, -0.05) is 36.9 Å². The maximum absolute atomic E-state index is 5.96. The first-order valence-electron chi connectivity index (χ1n) is 6.96. The van der Waals surface area contributed by atoms with Crippen LogP contribution >= 0.6 is 23.4 Å². The van der Waals surface area contributed by atoms with E-state index in [9.17, 15) is 0 Å². The first-order valence-corrected chi connectivity index (χ1v) is 8.33. The summed E-state index contributed by atoms with van der Waals surface area (Å²) in [6, 6.07) is 8.91. The van der Waals surface area contributed by atoms with Gasteiger partial charge in [0.25, 0.3) is 0 Å². The molecule has 1 aromatic carbocycles. The van der Waals surface area contributed by atoms with Crippen LogP contribution in [0.1, 0.15) is 38.5 Å². The van der Waals surface area contributed by atoms with Gasteiger partial charge in [-0.25, -0.2) is 0 Å². The molecule has 0 heterocycles. The highest BCUT2D eigenvalue weighted by atomic mass is 35.5. The van der Waals surface area contributed by atoms with Gasteiger partial charge in [-0.2, -0.15) is 0 Å². The maximum Gasteiger partial charge on any atom is 0.0417 e. The maximum atomic E-state index is 5.96. The first kappa shape index (κ1) is 14.2. The van der Waals surface area contributed by atoms with E-state index in [-0.39, 0.29) is 0 Å². The summed E-state index contributed by atoms with van der Waals surface area (Å²) in [5, 5.41) is 4.51. The normalized spacial score (nSPS) is 16.9. The number of halogens is 1. The summed E-state index contributed by atoms with van der Waals surface area (Å²) in [6.07, 6.45) is 8.24. The van der Waals surface area contributed by atoms with Crippen molar-refractivity contribution in [1.82, 2.24) is 5.32 Å². The van der Waals surface area contributed by atoms with Crippen LogP contribution in [0.3, 0.4) is 0 Å². The van der Waals surface area contributed by atoms with E-state index in [1.54, 1.807) is 0 Å². The van der Waals surface area contributed by atoms with Crippen LogP contribution in [0.4, 0.5) is 0 Å². The number of hydrogen-bond acceptors (Lipinski definition) is 2. The van der Waals surface area contributed by atoms with Gasteiger partial charge >= 0.3 is 0 Å². The summed E-state index contributed by atoms with van der Waals surface area (Å²) < 4.78 is 0. The van der Waals surface area contributed by atoms with Gasteiger partial charge in [-0.05, 0) is 49.8 Å². The molecule has 18 heavy (non-hydrogen) atoms. The molecule has 1 fully saturated rings. The fraction of sp³-hybridized carbons (Fsp3) is 0.600. The molecule has 0 radical (unpaired) electrons. The van der Waals surface area contributed by atoms with Crippen molar-refractivity contribution in [3.05, 3.63) is 29.3 Å². The van der Waals surface area contributed by atoms with Crippen LogP contribution in [0.2, 0.25) is 5.02 Å². The average molecular weight is 284 g/mol. The molecule has 1 nitrogen and oxygen atoms in total. The molecule has 1 saturated carbocycles. The highest BCUT2D eigenvalue weighted by molar-refractivity contribution is 7.99. The molecule has 0 amide bonds. The standard InChI is InChI=1S/C15H22ClNS/c16-13-6-4-9-15(12-13)18-11-5-10-17-14-7-2-1-3-8-14/h4,6,9,12,14,17H,1-3,5,7-8,10-11H2. The molecule has 1 aliphatic rings. The smallest absolute Gasteiger partial charge is 0.0417 e. The van der Waals surface area contributed by atoms with Crippen molar-refractivity contribution >= 4 is 23.4 Å². The van der Waals surface area contributed by atoms with Gasteiger partial charge in [0.15, 0.2) is 0 Å². The third-order valence-electron chi connectivity index (χ3n) is 3.42. The third-order valence-corrected chi connectivity index (χ3v) is 4.74. The lowest BCUT2D eigenvalue weighted by Crippen LogP contribution is -2.31. The van der Waals surface area contributed by atoms with Gasteiger partial charge < -0.3 is 5.32 Å². The minimum absolute atomic E-state index is 0.787. The van der Waals surface area contributed by atoms with Gasteiger partial charge in [0.2, 0.25) is 0 Å². The molecule has 0 atom stereocenters. The Morgan fingerprint density at radius 3 is 2.83 bits per heavy atom. The molecule has 100 valence electrons. The Morgan fingerprint density at radius 2 is 2.06 bits per heavy atom. The van der Waals surface area contributed by atoms with E-state index in [4.69, 9.17) is 11.6 Å². The van der Waals surface area contributed by atoms with E-state index < -0.39 is 0 Å². The predicted molar refractivity (Wildman–Crippen MR) is 81.7 cm³/mol. The second kappa shape index (κ2) is 8.08. The molecular weight excluding hydrogens is 262 g/mol. The number of benzene rings is 1. The van der Waals surface area contributed by atoms with Crippen LogP contribution in [0, 0.1) is 0 Å².